The molecular weight excluding hydrogens is 244 g/mol. The summed E-state index contributed by atoms with van der Waals surface area (Å²) >= 11 is 3.09. The van der Waals surface area contributed by atoms with Crippen LogP contribution >= 0.6 is 15.9 Å². The second-order valence-electron chi connectivity index (χ2n) is 2.72. The molecule has 3 nitrogen and oxygen atoms in total. The van der Waals surface area contributed by atoms with Gasteiger partial charge in [-0.2, -0.15) is 0 Å². The molecule has 12 heavy (non-hydrogen) atoms. The van der Waals surface area contributed by atoms with Crippen LogP contribution in [0.15, 0.2) is 0 Å². The predicted molar refractivity (Wildman–Crippen MR) is 53.1 cm³/mol. The summed E-state index contributed by atoms with van der Waals surface area (Å²) < 4.78 is 21.8. The number of aliphatic hydroxyl groups is 1. The van der Waals surface area contributed by atoms with E-state index >= 15 is 0 Å². The Balaban J connectivity index is 5.02. The molecule has 1 N–H and O–H groups in total. The predicted octanol–water partition coefficient (Wildman–Crippen LogP) is 1.30. The molecule has 0 saturated carbocycles. The number of alkyl halides is 1. The van der Waals surface area contributed by atoms with E-state index in [2.05, 4.69) is 15.9 Å². The largest absolute Gasteiger partial charge is 0.391 e. The zero-order valence-electron chi connectivity index (χ0n) is 7.54. The van der Waals surface area contributed by atoms with Crippen molar-refractivity contribution in [1.29, 1.82) is 0 Å². The molecule has 0 fully saturated rings. The van der Waals surface area contributed by atoms with Crippen molar-refractivity contribution in [3.8, 4) is 0 Å². The fourth-order valence-corrected chi connectivity index (χ4v) is 3.14. The van der Waals surface area contributed by atoms with E-state index in [1.165, 1.54) is 6.92 Å². The van der Waals surface area contributed by atoms with E-state index < -0.39 is 19.6 Å². The van der Waals surface area contributed by atoms with Crippen LogP contribution in [0, 0.1) is 0 Å². The maximum absolute atomic E-state index is 11.5. The van der Waals surface area contributed by atoms with E-state index in [0.717, 1.165) is 0 Å². The second-order valence-corrected chi connectivity index (χ2v) is 7.19. The van der Waals surface area contributed by atoms with E-state index in [9.17, 15) is 13.5 Å². The summed E-state index contributed by atoms with van der Waals surface area (Å²) in [5.74, 6) is 0.0387. The average molecular weight is 259 g/mol. The lowest BCUT2D eigenvalue weighted by molar-refractivity contribution is 0.177. The molecule has 0 aromatic carbocycles. The zero-order valence-corrected chi connectivity index (χ0v) is 9.94. The van der Waals surface area contributed by atoms with Crippen LogP contribution in [-0.4, -0.2) is 29.0 Å². The molecule has 74 valence electrons. The summed E-state index contributed by atoms with van der Waals surface area (Å²) in [6.45, 7) is 4.78. The van der Waals surface area contributed by atoms with E-state index in [1.54, 1.807) is 13.8 Å². The number of sulfone groups is 1. The Labute approximate surface area is 82.2 Å². The van der Waals surface area contributed by atoms with Crippen LogP contribution in [0.25, 0.3) is 0 Å². The molecule has 0 bridgehead atoms. The Morgan fingerprint density at radius 2 is 1.92 bits per heavy atom. The molecule has 0 aliphatic heterocycles. The molecule has 0 saturated heterocycles. The van der Waals surface area contributed by atoms with E-state index in [-0.39, 0.29) is 5.75 Å². The summed E-state index contributed by atoms with van der Waals surface area (Å²) in [4.78, 5) is 0. The first-order chi connectivity index (χ1) is 5.31. The van der Waals surface area contributed by atoms with Gasteiger partial charge in [-0.1, -0.05) is 29.8 Å². The summed E-state index contributed by atoms with van der Waals surface area (Å²) in [5, 5.41) is 9.31. The van der Waals surface area contributed by atoms with Gasteiger partial charge >= 0.3 is 0 Å². The topological polar surface area (TPSA) is 54.4 Å². The average Bonchev–Trinajstić information content (AvgIpc) is 2.02. The highest BCUT2D eigenvalue weighted by Gasteiger charge is 2.42. The first-order valence-electron chi connectivity index (χ1n) is 3.91. The molecule has 0 aliphatic rings. The third kappa shape index (κ3) is 2.00. The van der Waals surface area contributed by atoms with Crippen molar-refractivity contribution in [2.24, 2.45) is 0 Å². The molecule has 0 amide bonds. The van der Waals surface area contributed by atoms with Gasteiger partial charge in [-0.15, -0.1) is 0 Å². The molecule has 0 spiro atoms. The molecule has 0 aliphatic carbocycles. The molecular formula is C7H15BrO3S. The summed E-state index contributed by atoms with van der Waals surface area (Å²) in [5.41, 5.74) is 0. The second kappa shape index (κ2) is 4.07. The quantitative estimate of drug-likeness (QED) is 0.774. The molecule has 2 atom stereocenters. The summed E-state index contributed by atoms with van der Waals surface area (Å²) in [6.07, 6.45) is -0.534. The lowest BCUT2D eigenvalue weighted by atomic mass is 10.2. The van der Waals surface area contributed by atoms with Crippen molar-refractivity contribution in [1.82, 2.24) is 0 Å². The van der Waals surface area contributed by atoms with E-state index in [4.69, 9.17) is 0 Å². The van der Waals surface area contributed by atoms with Gasteiger partial charge in [-0.3, -0.25) is 0 Å². The fourth-order valence-electron chi connectivity index (χ4n) is 1.02. The first kappa shape index (κ1) is 12.4. The molecule has 0 heterocycles. The minimum Gasteiger partial charge on any atom is -0.391 e. The maximum Gasteiger partial charge on any atom is 0.168 e. The van der Waals surface area contributed by atoms with Gasteiger partial charge < -0.3 is 5.11 Å². The highest BCUT2D eigenvalue weighted by atomic mass is 79.9. The van der Waals surface area contributed by atoms with E-state index in [1.807, 2.05) is 0 Å². The molecule has 0 rings (SSSR count). The normalized spacial score (nSPS) is 20.1. The van der Waals surface area contributed by atoms with Crippen molar-refractivity contribution in [2.45, 2.75) is 37.0 Å². The molecule has 0 unspecified atom stereocenters. The smallest absolute Gasteiger partial charge is 0.168 e. The van der Waals surface area contributed by atoms with Gasteiger partial charge in [0.1, 0.15) is 0 Å². The monoisotopic (exact) mass is 258 g/mol. The molecule has 0 aromatic rings. The van der Waals surface area contributed by atoms with Gasteiger partial charge in [-0.25, -0.2) is 8.42 Å². The summed E-state index contributed by atoms with van der Waals surface area (Å²) in [7, 11) is -3.24. The Hall–Kier alpha value is 0.390. The molecule has 0 radical (unpaired) electrons. The van der Waals surface area contributed by atoms with Crippen LogP contribution in [-0.2, 0) is 9.84 Å². The number of hydrogen-bond donors (Lipinski definition) is 1. The number of rotatable bonds is 4. The van der Waals surface area contributed by atoms with Gasteiger partial charge in [0.05, 0.1) is 6.10 Å². The third-order valence-corrected chi connectivity index (χ3v) is 7.13. The van der Waals surface area contributed by atoms with Crippen LogP contribution < -0.4 is 0 Å². The number of halogens is 1. The molecule has 5 heteroatoms. The maximum atomic E-state index is 11.5. The lowest BCUT2D eigenvalue weighted by Gasteiger charge is -2.28. The Kier molecular flexibility index (Phi) is 4.20. The Morgan fingerprint density at radius 3 is 2.00 bits per heavy atom. The summed E-state index contributed by atoms with van der Waals surface area (Å²) in [6, 6.07) is 0. The SMILES string of the molecule is CC[C@](Br)([C@H](C)O)S(=O)(=O)CC. The van der Waals surface area contributed by atoms with Crippen LogP contribution in [0.5, 0.6) is 0 Å². The van der Waals surface area contributed by atoms with Crippen molar-refractivity contribution in [2.75, 3.05) is 5.75 Å². The van der Waals surface area contributed by atoms with Crippen molar-refractivity contribution >= 4 is 25.8 Å². The van der Waals surface area contributed by atoms with Gasteiger partial charge in [0.15, 0.2) is 13.5 Å². The zero-order chi connectivity index (χ0) is 9.99. The van der Waals surface area contributed by atoms with Gasteiger partial charge in [0.2, 0.25) is 0 Å². The van der Waals surface area contributed by atoms with Crippen LogP contribution in [0.1, 0.15) is 27.2 Å². The van der Waals surface area contributed by atoms with Crippen LogP contribution in [0.2, 0.25) is 0 Å². The minimum atomic E-state index is -3.24. The van der Waals surface area contributed by atoms with Crippen molar-refractivity contribution in [3.63, 3.8) is 0 Å². The van der Waals surface area contributed by atoms with Gasteiger partial charge in [0, 0.05) is 5.75 Å². The van der Waals surface area contributed by atoms with Crippen LogP contribution in [0.4, 0.5) is 0 Å². The van der Waals surface area contributed by atoms with Crippen LogP contribution in [0.3, 0.4) is 0 Å². The standard InChI is InChI=1S/C7H15BrO3S/c1-4-7(8,6(3)9)12(10,11)5-2/h6,9H,4-5H2,1-3H3/t6-,7+/m0/s1. The van der Waals surface area contributed by atoms with Gasteiger partial charge in [0.25, 0.3) is 0 Å². The molecule has 0 aromatic heterocycles. The Morgan fingerprint density at radius 1 is 1.50 bits per heavy atom. The highest BCUT2D eigenvalue weighted by molar-refractivity contribution is 9.11. The van der Waals surface area contributed by atoms with Crippen molar-refractivity contribution < 1.29 is 13.5 Å². The highest BCUT2D eigenvalue weighted by Crippen LogP contribution is 2.33. The van der Waals surface area contributed by atoms with Crippen molar-refractivity contribution in [3.05, 3.63) is 0 Å². The lowest BCUT2D eigenvalue weighted by Crippen LogP contribution is -2.42. The Bertz CT molecular complexity index is 235. The number of aliphatic hydroxyl groups excluding tert-OH is 1. The fraction of sp³-hybridized carbons (Fsp3) is 1.00. The van der Waals surface area contributed by atoms with Gasteiger partial charge in [-0.05, 0) is 13.3 Å². The minimum absolute atomic E-state index is 0.0387. The number of hydrogen-bond acceptors (Lipinski definition) is 3. The van der Waals surface area contributed by atoms with E-state index in [0.29, 0.717) is 6.42 Å². The third-order valence-electron chi connectivity index (χ3n) is 2.00. The first-order valence-corrected chi connectivity index (χ1v) is 6.35.